The first-order chi connectivity index (χ1) is 12.0. The second kappa shape index (κ2) is 15.3. The van der Waals surface area contributed by atoms with Crippen LogP contribution >= 0.6 is 0 Å². The Morgan fingerprint density at radius 2 is 1.70 bits per heavy atom. The molecule has 1 radical (unpaired) electrons. The normalized spacial score (nSPS) is 20.2. The quantitative estimate of drug-likeness (QED) is 0.246. The van der Waals surface area contributed by atoms with Crippen LogP contribution in [0.5, 0.6) is 0 Å². The first-order valence-electron chi connectivity index (χ1n) is 10.4. The fourth-order valence-electron chi connectivity index (χ4n) is 3.09. The second-order valence-electron chi connectivity index (χ2n) is 9.76. The third kappa shape index (κ3) is 17.1. The topological polar surface area (TPSA) is 26.3 Å². The summed E-state index contributed by atoms with van der Waals surface area (Å²) in [6, 6.07) is 0. The van der Waals surface area contributed by atoms with Gasteiger partial charge in [0, 0.05) is 44.7 Å². The average molecular weight is 454 g/mol. The molecular formula is C24H44O2Y-2. The minimum absolute atomic E-state index is 0. The summed E-state index contributed by atoms with van der Waals surface area (Å²) in [7, 11) is 0. The van der Waals surface area contributed by atoms with Crippen LogP contribution in [-0.4, -0.2) is 18.5 Å². The van der Waals surface area contributed by atoms with Crippen molar-refractivity contribution in [2.75, 3.05) is 6.61 Å². The van der Waals surface area contributed by atoms with Gasteiger partial charge in [-0.3, -0.25) is 0 Å². The summed E-state index contributed by atoms with van der Waals surface area (Å²) < 4.78 is 5.78. The molecule has 2 nitrogen and oxygen atoms in total. The summed E-state index contributed by atoms with van der Waals surface area (Å²) in [5.74, 6) is 0.197. The van der Waals surface area contributed by atoms with Crippen LogP contribution < -0.4 is 0 Å². The number of ether oxygens (including phenoxy) is 1. The van der Waals surface area contributed by atoms with Gasteiger partial charge in [-0.25, -0.2) is 0 Å². The zero-order valence-corrected chi connectivity index (χ0v) is 21.8. The van der Waals surface area contributed by atoms with Gasteiger partial charge in [0.25, 0.3) is 0 Å². The fourth-order valence-corrected chi connectivity index (χ4v) is 3.09. The van der Waals surface area contributed by atoms with Crippen molar-refractivity contribution in [3.8, 4) is 0 Å². The number of unbranched alkanes of at least 4 members (excludes halogenated alkanes) is 1. The largest absolute Gasteiger partial charge is 0.378 e. The van der Waals surface area contributed by atoms with E-state index in [0.29, 0.717) is 6.10 Å². The molecule has 0 aromatic rings. The van der Waals surface area contributed by atoms with E-state index in [2.05, 4.69) is 46.8 Å². The van der Waals surface area contributed by atoms with Gasteiger partial charge < -0.3 is 23.4 Å². The number of Topliss-reactive ketones (excluding diaryl/α,β-unsaturated/α-hetero) is 1. The molecule has 0 saturated carbocycles. The van der Waals surface area contributed by atoms with E-state index in [0.717, 1.165) is 25.9 Å². The van der Waals surface area contributed by atoms with Gasteiger partial charge in [-0.1, -0.05) is 66.5 Å². The maximum atomic E-state index is 11.8. The monoisotopic (exact) mass is 453 g/mol. The van der Waals surface area contributed by atoms with Crippen LogP contribution in [0.3, 0.4) is 0 Å². The maximum absolute atomic E-state index is 11.8. The van der Waals surface area contributed by atoms with Gasteiger partial charge in [0.2, 0.25) is 0 Å². The van der Waals surface area contributed by atoms with Crippen LogP contribution in [0.1, 0.15) is 92.9 Å². The minimum atomic E-state index is -0.252. The first-order valence-corrected chi connectivity index (χ1v) is 10.4. The van der Waals surface area contributed by atoms with E-state index >= 15 is 0 Å². The van der Waals surface area contributed by atoms with Gasteiger partial charge in [-0.2, -0.15) is 6.42 Å². The third-order valence-electron chi connectivity index (χ3n) is 4.44. The molecule has 2 unspecified atom stereocenters. The Balaban J connectivity index is 0. The molecule has 1 aliphatic carbocycles. The van der Waals surface area contributed by atoms with Gasteiger partial charge in [0.05, 0.1) is 6.10 Å². The van der Waals surface area contributed by atoms with E-state index in [9.17, 15) is 4.79 Å². The Kier molecular flexibility index (Phi) is 16.8. The van der Waals surface area contributed by atoms with Crippen molar-refractivity contribution in [1.82, 2.24) is 0 Å². The first kappa shape index (κ1) is 29.7. The van der Waals surface area contributed by atoms with Gasteiger partial charge in [0.15, 0.2) is 0 Å². The number of ketones is 1. The van der Waals surface area contributed by atoms with Crippen molar-refractivity contribution in [2.24, 2.45) is 16.7 Å². The molecule has 0 aromatic heterocycles. The summed E-state index contributed by atoms with van der Waals surface area (Å²) in [4.78, 5) is 11.8. The molecule has 0 bridgehead atoms. The molecule has 1 aliphatic rings. The standard InChI is InChI=1S/C12H21O.C12H23O.Y/c1-2-3-11-13-12-9-7-5-4-6-8-10-12;1-9(8-11(2,3)4)10(13)12(5,6)7;/h4-5,12H,1-3,6-11H2;9H,1,8H2,2-7H3;/q2*-1;/b5-4+;;. The summed E-state index contributed by atoms with van der Waals surface area (Å²) in [5, 5.41) is 0. The number of hydrogen-bond acceptors (Lipinski definition) is 2. The summed E-state index contributed by atoms with van der Waals surface area (Å²) in [6.45, 7) is 20.9. The molecule has 1 rings (SSSR count). The third-order valence-corrected chi connectivity index (χ3v) is 4.44. The van der Waals surface area contributed by atoms with Crippen molar-refractivity contribution in [3.63, 3.8) is 0 Å². The average Bonchev–Trinajstić information content (AvgIpc) is 2.46. The van der Waals surface area contributed by atoms with Crippen LogP contribution in [0, 0.1) is 30.6 Å². The molecule has 0 heterocycles. The van der Waals surface area contributed by atoms with E-state index in [4.69, 9.17) is 4.74 Å². The molecule has 0 aliphatic heterocycles. The number of carbonyl (C=O) groups is 1. The van der Waals surface area contributed by atoms with E-state index in [1.165, 1.54) is 32.1 Å². The molecular weight excluding hydrogens is 409 g/mol. The fraction of sp³-hybridized carbons (Fsp3) is 0.792. The zero-order valence-electron chi connectivity index (χ0n) is 19.0. The van der Waals surface area contributed by atoms with Gasteiger partial charge in [-0.05, 0) is 37.5 Å². The van der Waals surface area contributed by atoms with Crippen LogP contribution in [0.15, 0.2) is 12.2 Å². The van der Waals surface area contributed by atoms with Crippen molar-refractivity contribution in [1.29, 1.82) is 0 Å². The molecule has 0 amide bonds. The number of rotatable bonds is 6. The molecule has 27 heavy (non-hydrogen) atoms. The van der Waals surface area contributed by atoms with Gasteiger partial charge in [0.1, 0.15) is 5.78 Å². The SMILES string of the molecule is [CH2-]C(CC(C)(C)C)C(=O)C(C)(C)C.[CH2-]CCCOC1CC/C=C/CCC1.[Y]. The summed E-state index contributed by atoms with van der Waals surface area (Å²) >= 11 is 0. The molecule has 0 N–H and O–H groups in total. The van der Waals surface area contributed by atoms with Crippen molar-refractivity contribution in [3.05, 3.63) is 26.0 Å². The van der Waals surface area contributed by atoms with E-state index in [1.807, 2.05) is 20.8 Å². The predicted octanol–water partition coefficient (Wildman–Crippen LogP) is 6.99. The molecule has 0 aromatic carbocycles. The second-order valence-corrected chi connectivity index (χ2v) is 9.76. The Hall–Kier alpha value is 0.474. The van der Waals surface area contributed by atoms with E-state index in [-0.39, 0.29) is 55.2 Å². The Labute approximate surface area is 195 Å². The molecule has 0 spiro atoms. The molecule has 0 fully saturated rings. The van der Waals surface area contributed by atoms with Crippen molar-refractivity contribution in [2.45, 2.75) is 99.0 Å². The smallest absolute Gasteiger partial charge is 0.111 e. The van der Waals surface area contributed by atoms with E-state index < -0.39 is 0 Å². The molecule has 0 saturated heterocycles. The number of hydrogen-bond donors (Lipinski definition) is 0. The van der Waals surface area contributed by atoms with Crippen LogP contribution in [0.4, 0.5) is 0 Å². The van der Waals surface area contributed by atoms with Gasteiger partial charge >= 0.3 is 0 Å². The van der Waals surface area contributed by atoms with Crippen LogP contribution in [-0.2, 0) is 42.2 Å². The van der Waals surface area contributed by atoms with Crippen LogP contribution in [0.2, 0.25) is 0 Å². The predicted molar refractivity (Wildman–Crippen MR) is 114 cm³/mol. The van der Waals surface area contributed by atoms with E-state index in [1.54, 1.807) is 0 Å². The Bertz CT molecular complexity index is 402. The summed E-state index contributed by atoms with van der Waals surface area (Å²) in [6.07, 6.45) is 14.2. The number of allylic oxidation sites excluding steroid dienone is 2. The zero-order chi connectivity index (χ0) is 20.2. The van der Waals surface area contributed by atoms with Crippen molar-refractivity contribution >= 4 is 5.78 Å². The maximum Gasteiger partial charge on any atom is 0.111 e. The Morgan fingerprint density at radius 3 is 2.22 bits per heavy atom. The number of carbonyl (C=O) groups excluding carboxylic acids is 1. The molecule has 157 valence electrons. The Morgan fingerprint density at radius 1 is 1.11 bits per heavy atom. The molecule has 3 heteroatoms. The summed E-state index contributed by atoms with van der Waals surface area (Å²) in [5.41, 5.74) is -0.0645. The van der Waals surface area contributed by atoms with Crippen molar-refractivity contribution < 1.29 is 42.2 Å². The van der Waals surface area contributed by atoms with Gasteiger partial charge in [-0.15, -0.1) is 5.92 Å². The molecule has 2 atom stereocenters. The van der Waals surface area contributed by atoms with Crippen LogP contribution in [0.25, 0.3) is 0 Å². The minimum Gasteiger partial charge on any atom is -0.378 e.